The summed E-state index contributed by atoms with van der Waals surface area (Å²) < 4.78 is 107. The molecular weight excluding hydrogens is 418 g/mol. The van der Waals surface area contributed by atoms with Crippen molar-refractivity contribution in [1.29, 1.82) is 0 Å². The second-order valence-corrected chi connectivity index (χ2v) is 7.01. The zero-order valence-electron chi connectivity index (χ0n) is 15.3. The monoisotopic (exact) mass is 433 g/mol. The lowest BCUT2D eigenvalue weighted by molar-refractivity contribution is -0.143. The summed E-state index contributed by atoms with van der Waals surface area (Å²) in [5.41, 5.74) is -2.47. The van der Waals surface area contributed by atoms with Crippen LogP contribution in [0.4, 0.5) is 40.8 Å². The first kappa shape index (κ1) is 21.9. The molecular formula is C21H15F8N. The van der Waals surface area contributed by atoms with E-state index in [9.17, 15) is 35.1 Å². The molecule has 1 aliphatic heterocycles. The zero-order chi connectivity index (χ0) is 22.3. The number of hydrogen-bond donors (Lipinski definition) is 0. The van der Waals surface area contributed by atoms with E-state index in [1.54, 1.807) is 0 Å². The van der Waals surface area contributed by atoms with Crippen molar-refractivity contribution in [3.05, 3.63) is 64.2 Å². The smallest absolute Gasteiger partial charge is 0.359 e. The molecule has 0 fully saturated rings. The van der Waals surface area contributed by atoms with Crippen LogP contribution in [-0.4, -0.2) is 13.1 Å². The van der Waals surface area contributed by atoms with E-state index in [-0.39, 0.29) is 43.2 Å². The van der Waals surface area contributed by atoms with Gasteiger partial charge in [0.1, 0.15) is 0 Å². The molecule has 0 spiro atoms. The van der Waals surface area contributed by atoms with Crippen LogP contribution in [0.25, 0.3) is 0 Å². The molecule has 30 heavy (non-hydrogen) atoms. The molecule has 0 bridgehead atoms. The van der Waals surface area contributed by atoms with Gasteiger partial charge in [0, 0.05) is 24.2 Å². The highest BCUT2D eigenvalue weighted by molar-refractivity contribution is 5.57. The number of terminal acetylenes is 1. The molecule has 1 nitrogen and oxygen atoms in total. The predicted molar refractivity (Wildman–Crippen MR) is 94.9 cm³/mol. The topological polar surface area (TPSA) is 3.24 Å². The summed E-state index contributed by atoms with van der Waals surface area (Å²) in [4.78, 5) is 1.44. The molecule has 0 aromatic heterocycles. The summed E-state index contributed by atoms with van der Waals surface area (Å²) in [6.07, 6.45) is -4.42. The third kappa shape index (κ3) is 4.37. The number of rotatable bonds is 2. The normalized spacial score (nSPS) is 17.3. The highest BCUT2D eigenvalue weighted by Crippen LogP contribution is 2.42. The van der Waals surface area contributed by atoms with Gasteiger partial charge in [0.25, 0.3) is 0 Å². The Kier molecular flexibility index (Phi) is 5.72. The molecule has 2 aromatic carbocycles. The number of hydrogen-bond acceptors (Lipinski definition) is 1. The van der Waals surface area contributed by atoms with Crippen molar-refractivity contribution in [3.63, 3.8) is 0 Å². The molecule has 1 atom stereocenters. The number of alkyl halides is 6. The summed E-state index contributed by atoms with van der Waals surface area (Å²) in [6.45, 7) is -0.173. The van der Waals surface area contributed by atoms with Crippen molar-refractivity contribution in [3.8, 4) is 12.3 Å². The molecule has 9 heteroatoms. The van der Waals surface area contributed by atoms with E-state index in [0.29, 0.717) is 11.6 Å². The van der Waals surface area contributed by atoms with E-state index >= 15 is 0 Å². The Morgan fingerprint density at radius 3 is 2.23 bits per heavy atom. The summed E-state index contributed by atoms with van der Waals surface area (Å²) in [7, 11) is 0. The van der Waals surface area contributed by atoms with E-state index in [0.717, 1.165) is 18.2 Å². The molecule has 0 amide bonds. The van der Waals surface area contributed by atoms with E-state index in [1.807, 2.05) is 0 Å². The van der Waals surface area contributed by atoms with Crippen LogP contribution in [0.15, 0.2) is 30.3 Å². The van der Waals surface area contributed by atoms with Gasteiger partial charge in [-0.25, -0.2) is 8.78 Å². The SMILES string of the molecule is C#CCN1CC(c2ccc(C(F)(F)F)cc2C(F)(F)F)CCc2cc(F)c(F)cc21. The zero-order valence-corrected chi connectivity index (χ0v) is 15.3. The minimum absolute atomic E-state index is 0.0866. The van der Waals surface area contributed by atoms with Crippen LogP contribution >= 0.6 is 0 Å². The summed E-state index contributed by atoms with van der Waals surface area (Å²) in [6, 6.07) is 3.42. The number of nitrogens with zero attached hydrogens (tertiary/aromatic N) is 1. The second kappa shape index (κ2) is 7.82. The van der Waals surface area contributed by atoms with Crippen LogP contribution in [0.2, 0.25) is 0 Å². The minimum atomic E-state index is -5.01. The Labute approximate surface area is 167 Å². The Balaban J connectivity index is 2.08. The lowest BCUT2D eigenvalue weighted by Gasteiger charge is -2.28. The number of fused-ring (bicyclic) bond motifs is 1. The van der Waals surface area contributed by atoms with Gasteiger partial charge >= 0.3 is 12.4 Å². The van der Waals surface area contributed by atoms with Gasteiger partial charge in [-0.15, -0.1) is 6.42 Å². The number of halogens is 8. The lowest BCUT2D eigenvalue weighted by Crippen LogP contribution is -2.29. The molecule has 1 heterocycles. The summed E-state index contributed by atoms with van der Waals surface area (Å²) in [5, 5.41) is 0. The molecule has 0 radical (unpaired) electrons. The number of aryl methyl sites for hydroxylation is 1. The molecule has 1 aliphatic rings. The van der Waals surface area contributed by atoms with Gasteiger partial charge in [0.2, 0.25) is 0 Å². The molecule has 1 unspecified atom stereocenters. The third-order valence-electron chi connectivity index (χ3n) is 5.07. The van der Waals surface area contributed by atoms with Crippen LogP contribution in [0.5, 0.6) is 0 Å². The van der Waals surface area contributed by atoms with Gasteiger partial charge in [-0.3, -0.25) is 0 Å². The van der Waals surface area contributed by atoms with E-state index in [1.165, 1.54) is 4.90 Å². The highest BCUT2D eigenvalue weighted by atomic mass is 19.4. The summed E-state index contributed by atoms with van der Waals surface area (Å²) in [5.74, 6) is -0.750. The standard InChI is InChI=1S/C21H15F8N/c1-2-7-30-11-13(4-3-12-8-17(22)18(23)10-19(12)30)15-6-5-14(20(24,25)26)9-16(15)21(27,28)29/h1,5-6,8-10,13H,3-4,7,11H2. The molecule has 0 saturated carbocycles. The van der Waals surface area contributed by atoms with E-state index < -0.39 is 41.0 Å². The maximum atomic E-state index is 13.7. The fourth-order valence-corrected chi connectivity index (χ4v) is 3.71. The van der Waals surface area contributed by atoms with Gasteiger partial charge < -0.3 is 4.90 Å². The number of anilines is 1. The molecule has 3 rings (SSSR count). The maximum absolute atomic E-state index is 13.7. The van der Waals surface area contributed by atoms with Crippen molar-refractivity contribution < 1.29 is 35.1 Å². The fraction of sp³-hybridized carbons (Fsp3) is 0.333. The van der Waals surface area contributed by atoms with Crippen LogP contribution in [-0.2, 0) is 18.8 Å². The van der Waals surface area contributed by atoms with E-state index in [4.69, 9.17) is 6.42 Å². The van der Waals surface area contributed by atoms with Crippen LogP contribution in [0.1, 0.15) is 34.6 Å². The van der Waals surface area contributed by atoms with Crippen LogP contribution in [0.3, 0.4) is 0 Å². The Morgan fingerprint density at radius 1 is 0.967 bits per heavy atom. The van der Waals surface area contributed by atoms with Gasteiger partial charge in [0.15, 0.2) is 11.6 Å². The quantitative estimate of drug-likeness (QED) is 0.404. The largest absolute Gasteiger partial charge is 0.416 e. The van der Waals surface area contributed by atoms with Gasteiger partial charge in [-0.05, 0) is 42.2 Å². The average molecular weight is 433 g/mol. The Morgan fingerprint density at radius 2 is 1.63 bits per heavy atom. The van der Waals surface area contributed by atoms with Crippen molar-refractivity contribution in [2.45, 2.75) is 31.1 Å². The van der Waals surface area contributed by atoms with Crippen molar-refractivity contribution >= 4 is 5.69 Å². The molecule has 0 N–H and O–H groups in total. The molecule has 0 aliphatic carbocycles. The molecule has 0 saturated heterocycles. The Hall–Kier alpha value is -2.76. The van der Waals surface area contributed by atoms with Gasteiger partial charge in [-0.1, -0.05) is 12.0 Å². The fourth-order valence-electron chi connectivity index (χ4n) is 3.71. The van der Waals surface area contributed by atoms with Crippen LogP contribution < -0.4 is 4.90 Å². The van der Waals surface area contributed by atoms with Crippen molar-refractivity contribution in [2.75, 3.05) is 18.0 Å². The first-order chi connectivity index (χ1) is 13.9. The third-order valence-corrected chi connectivity index (χ3v) is 5.07. The van der Waals surface area contributed by atoms with E-state index in [2.05, 4.69) is 5.92 Å². The number of benzene rings is 2. The lowest BCUT2D eigenvalue weighted by atomic mass is 9.88. The maximum Gasteiger partial charge on any atom is 0.416 e. The average Bonchev–Trinajstić information content (AvgIpc) is 2.80. The molecule has 160 valence electrons. The minimum Gasteiger partial charge on any atom is -0.359 e. The highest BCUT2D eigenvalue weighted by Gasteiger charge is 2.40. The Bertz CT molecular complexity index is 984. The van der Waals surface area contributed by atoms with Gasteiger partial charge in [-0.2, -0.15) is 26.3 Å². The summed E-state index contributed by atoms with van der Waals surface area (Å²) >= 11 is 0. The van der Waals surface area contributed by atoms with Crippen molar-refractivity contribution in [2.24, 2.45) is 0 Å². The first-order valence-electron chi connectivity index (χ1n) is 8.86. The predicted octanol–water partition coefficient (Wildman–Crippen LogP) is 6.17. The first-order valence-corrected chi connectivity index (χ1v) is 8.86. The second-order valence-electron chi connectivity index (χ2n) is 7.01. The van der Waals surface area contributed by atoms with Gasteiger partial charge in [0.05, 0.1) is 17.7 Å². The van der Waals surface area contributed by atoms with Crippen molar-refractivity contribution in [1.82, 2.24) is 0 Å². The van der Waals surface area contributed by atoms with Crippen LogP contribution in [0, 0.1) is 24.0 Å². The molecule has 2 aromatic rings.